The van der Waals surface area contributed by atoms with Crippen LogP contribution in [0.1, 0.15) is 30.4 Å². The van der Waals surface area contributed by atoms with E-state index in [1.54, 1.807) is 7.11 Å². The Labute approximate surface area is 203 Å². The van der Waals surface area contributed by atoms with Gasteiger partial charge in [-0.25, -0.2) is 0 Å². The summed E-state index contributed by atoms with van der Waals surface area (Å²) in [5.41, 5.74) is 4.21. The van der Waals surface area contributed by atoms with Crippen LogP contribution >= 0.6 is 27.5 Å². The number of methoxy groups -OCH3 is 1. The molecule has 0 saturated carbocycles. The van der Waals surface area contributed by atoms with Gasteiger partial charge in [0, 0.05) is 35.4 Å². The first-order valence-corrected chi connectivity index (χ1v) is 12.1. The van der Waals surface area contributed by atoms with Gasteiger partial charge in [-0.2, -0.15) is 0 Å². The Hall–Kier alpha value is -2.37. The van der Waals surface area contributed by atoms with Crippen molar-refractivity contribution in [3.8, 4) is 11.5 Å². The minimum Gasteiger partial charge on any atom is -0.493 e. The van der Waals surface area contributed by atoms with E-state index in [2.05, 4.69) is 56.5 Å². The van der Waals surface area contributed by atoms with Crippen molar-refractivity contribution in [3.05, 3.63) is 81.3 Å². The van der Waals surface area contributed by atoms with E-state index < -0.39 is 0 Å². The van der Waals surface area contributed by atoms with Gasteiger partial charge in [0.25, 0.3) is 0 Å². The fraction of sp³-hybridized carbons (Fsp3) is 0.308. The third-order valence-electron chi connectivity index (χ3n) is 5.67. The number of rotatable bonds is 8. The molecule has 32 heavy (non-hydrogen) atoms. The molecule has 4 rings (SSSR count). The molecule has 1 N–H and O–H groups in total. The minimum atomic E-state index is 0.474. The van der Waals surface area contributed by atoms with Gasteiger partial charge in [0.15, 0.2) is 11.5 Å². The Bertz CT molecular complexity index is 1040. The van der Waals surface area contributed by atoms with Crippen LogP contribution in [-0.2, 0) is 13.2 Å². The predicted octanol–water partition coefficient (Wildman–Crippen LogP) is 7.29. The lowest BCUT2D eigenvalue weighted by Crippen LogP contribution is -2.29. The van der Waals surface area contributed by atoms with Crippen LogP contribution in [0.5, 0.6) is 11.5 Å². The second kappa shape index (κ2) is 11.0. The fourth-order valence-corrected chi connectivity index (χ4v) is 4.79. The van der Waals surface area contributed by atoms with Crippen LogP contribution in [0.25, 0.3) is 0 Å². The molecule has 1 heterocycles. The molecule has 4 nitrogen and oxygen atoms in total. The molecule has 0 aliphatic carbocycles. The van der Waals surface area contributed by atoms with Crippen molar-refractivity contribution in [3.63, 3.8) is 0 Å². The van der Waals surface area contributed by atoms with E-state index in [-0.39, 0.29) is 0 Å². The largest absolute Gasteiger partial charge is 0.493 e. The molecule has 0 amide bonds. The third kappa shape index (κ3) is 5.70. The number of piperidine rings is 1. The number of halogens is 2. The number of hydrogen-bond acceptors (Lipinski definition) is 4. The molecule has 1 saturated heterocycles. The number of ether oxygens (including phenoxy) is 2. The number of benzene rings is 3. The highest BCUT2D eigenvalue weighted by Crippen LogP contribution is 2.36. The van der Waals surface area contributed by atoms with Crippen molar-refractivity contribution < 1.29 is 9.47 Å². The zero-order chi connectivity index (χ0) is 22.3. The molecule has 168 valence electrons. The van der Waals surface area contributed by atoms with Gasteiger partial charge >= 0.3 is 0 Å². The Kier molecular flexibility index (Phi) is 7.82. The number of anilines is 2. The van der Waals surface area contributed by atoms with E-state index in [0.29, 0.717) is 18.9 Å². The summed E-state index contributed by atoms with van der Waals surface area (Å²) < 4.78 is 12.7. The summed E-state index contributed by atoms with van der Waals surface area (Å²) in [4.78, 5) is 2.38. The smallest absolute Gasteiger partial charge is 0.166 e. The summed E-state index contributed by atoms with van der Waals surface area (Å²) in [6, 6.07) is 20.3. The van der Waals surface area contributed by atoms with Gasteiger partial charge in [-0.1, -0.05) is 57.9 Å². The van der Waals surface area contributed by atoms with Crippen molar-refractivity contribution in [1.29, 1.82) is 0 Å². The molecule has 1 fully saturated rings. The van der Waals surface area contributed by atoms with Crippen molar-refractivity contribution in [2.24, 2.45) is 0 Å². The molecular weight excluding hydrogens is 488 g/mol. The van der Waals surface area contributed by atoms with Crippen LogP contribution in [0.2, 0.25) is 5.02 Å². The molecule has 3 aromatic carbocycles. The second-order valence-electron chi connectivity index (χ2n) is 7.94. The summed E-state index contributed by atoms with van der Waals surface area (Å²) in [6.45, 7) is 3.21. The third-order valence-corrected chi connectivity index (χ3v) is 6.43. The molecule has 1 aliphatic rings. The first-order chi connectivity index (χ1) is 15.6. The maximum Gasteiger partial charge on any atom is 0.166 e. The highest BCUT2D eigenvalue weighted by molar-refractivity contribution is 9.10. The van der Waals surface area contributed by atoms with Crippen molar-refractivity contribution in [2.75, 3.05) is 30.4 Å². The number of nitrogens with one attached hydrogen (secondary N) is 1. The van der Waals surface area contributed by atoms with Crippen molar-refractivity contribution >= 4 is 38.9 Å². The van der Waals surface area contributed by atoms with E-state index in [1.807, 2.05) is 30.3 Å². The van der Waals surface area contributed by atoms with E-state index in [0.717, 1.165) is 50.8 Å². The summed E-state index contributed by atoms with van der Waals surface area (Å²) in [6.07, 6.45) is 3.76. The quantitative estimate of drug-likeness (QED) is 0.341. The molecule has 0 aromatic heterocycles. The highest BCUT2D eigenvalue weighted by atomic mass is 79.9. The van der Waals surface area contributed by atoms with E-state index >= 15 is 0 Å². The maximum atomic E-state index is 6.63. The zero-order valence-corrected chi connectivity index (χ0v) is 20.6. The monoisotopic (exact) mass is 514 g/mol. The van der Waals surface area contributed by atoms with Gasteiger partial charge in [-0.3, -0.25) is 0 Å². The van der Waals surface area contributed by atoms with Crippen molar-refractivity contribution in [2.45, 2.75) is 32.4 Å². The van der Waals surface area contributed by atoms with Gasteiger partial charge in [0.2, 0.25) is 0 Å². The van der Waals surface area contributed by atoms with Gasteiger partial charge in [0.1, 0.15) is 6.61 Å². The highest BCUT2D eigenvalue weighted by Gasteiger charge is 2.16. The summed E-state index contributed by atoms with van der Waals surface area (Å²) >= 11 is 10.2. The molecular formula is C26H28BrClN2O2. The SMILES string of the molecule is COc1cc(Br)cc(CNc2ccc(N3CCCCC3)c(Cl)c2)c1OCc1ccccc1. The molecule has 0 atom stereocenters. The standard InChI is InChI=1S/C26H28BrClN2O2/c1-31-25-15-21(27)14-20(26(25)32-18-19-8-4-2-5-9-19)17-29-22-10-11-24(23(28)16-22)30-12-6-3-7-13-30/h2,4-5,8-11,14-16,29H,3,6-7,12-13,17-18H2,1H3. The minimum absolute atomic E-state index is 0.474. The summed E-state index contributed by atoms with van der Waals surface area (Å²) in [5, 5.41) is 4.27. The molecule has 0 unspecified atom stereocenters. The lowest BCUT2D eigenvalue weighted by molar-refractivity contribution is 0.281. The van der Waals surface area contributed by atoms with Gasteiger partial charge in [-0.15, -0.1) is 0 Å². The van der Waals surface area contributed by atoms with Crippen LogP contribution < -0.4 is 19.7 Å². The molecule has 0 bridgehead atoms. The summed E-state index contributed by atoms with van der Waals surface area (Å²) in [5.74, 6) is 1.44. The van der Waals surface area contributed by atoms with Gasteiger partial charge in [-0.05, 0) is 55.2 Å². The Balaban J connectivity index is 1.49. The Morgan fingerprint density at radius 3 is 2.50 bits per heavy atom. The maximum absolute atomic E-state index is 6.63. The first kappa shape index (κ1) is 22.8. The van der Waals surface area contributed by atoms with Crippen LogP contribution in [0.15, 0.2) is 65.1 Å². The topological polar surface area (TPSA) is 33.7 Å². The molecule has 6 heteroatoms. The second-order valence-corrected chi connectivity index (χ2v) is 9.26. The molecule has 0 radical (unpaired) electrons. The molecule has 3 aromatic rings. The van der Waals surface area contributed by atoms with Crippen LogP contribution in [-0.4, -0.2) is 20.2 Å². The van der Waals surface area contributed by atoms with Crippen molar-refractivity contribution in [1.82, 2.24) is 0 Å². The number of nitrogens with zero attached hydrogens (tertiary/aromatic N) is 1. The Morgan fingerprint density at radius 1 is 1.00 bits per heavy atom. The van der Waals surface area contributed by atoms with Gasteiger partial charge < -0.3 is 19.7 Å². The fourth-order valence-electron chi connectivity index (χ4n) is 4.00. The zero-order valence-electron chi connectivity index (χ0n) is 18.2. The predicted molar refractivity (Wildman–Crippen MR) is 136 cm³/mol. The lowest BCUT2D eigenvalue weighted by Gasteiger charge is -2.29. The van der Waals surface area contributed by atoms with Crippen LogP contribution in [0, 0.1) is 0 Å². The lowest BCUT2D eigenvalue weighted by atomic mass is 10.1. The van der Waals surface area contributed by atoms with E-state index in [1.165, 1.54) is 19.3 Å². The van der Waals surface area contributed by atoms with Crippen LogP contribution in [0.4, 0.5) is 11.4 Å². The van der Waals surface area contributed by atoms with Crippen LogP contribution in [0.3, 0.4) is 0 Å². The summed E-state index contributed by atoms with van der Waals surface area (Å²) in [7, 11) is 1.66. The Morgan fingerprint density at radius 2 is 1.78 bits per heavy atom. The normalized spacial score (nSPS) is 13.7. The van der Waals surface area contributed by atoms with E-state index in [9.17, 15) is 0 Å². The van der Waals surface area contributed by atoms with Gasteiger partial charge in [0.05, 0.1) is 17.8 Å². The average molecular weight is 516 g/mol. The molecule has 1 aliphatic heterocycles. The van der Waals surface area contributed by atoms with E-state index in [4.69, 9.17) is 21.1 Å². The average Bonchev–Trinajstić information content (AvgIpc) is 2.83. The number of hydrogen-bond donors (Lipinski definition) is 1. The molecule has 0 spiro atoms. The first-order valence-electron chi connectivity index (χ1n) is 11.0.